The Bertz CT molecular complexity index is 549. The molecule has 1 unspecified atom stereocenters. The molecule has 0 saturated carbocycles. The number of fused-ring (bicyclic) bond motifs is 2. The summed E-state index contributed by atoms with van der Waals surface area (Å²) >= 11 is 0. The van der Waals surface area contributed by atoms with Crippen molar-refractivity contribution < 1.29 is 26.8 Å². The molecule has 2 aliphatic rings. The molecular weight excluding hydrogens is 316 g/mol. The van der Waals surface area contributed by atoms with Gasteiger partial charge in [0.05, 0.1) is 6.04 Å². The number of hydroxylamine groups is 2. The summed E-state index contributed by atoms with van der Waals surface area (Å²) in [5.74, 6) is -0.316. The first-order valence-corrected chi connectivity index (χ1v) is 8.45. The fourth-order valence-electron chi connectivity index (χ4n) is 2.72. The number of amides is 3. The number of nitrogens with one attached hydrogen (secondary N) is 1. The van der Waals surface area contributed by atoms with Crippen molar-refractivity contribution in [3.05, 3.63) is 0 Å². The molecule has 2 aliphatic heterocycles. The highest BCUT2D eigenvalue weighted by Gasteiger charge is 2.49. The fraction of sp³-hybridized carbons (Fsp3) is 0.818. The van der Waals surface area contributed by atoms with E-state index in [1.165, 1.54) is 4.90 Å². The lowest BCUT2D eigenvalue weighted by Gasteiger charge is -2.31. The van der Waals surface area contributed by atoms with Gasteiger partial charge in [0.25, 0.3) is 5.91 Å². The average Bonchev–Trinajstić information content (AvgIpc) is 2.68. The quantitative estimate of drug-likeness (QED) is 0.489. The van der Waals surface area contributed by atoms with E-state index in [0.29, 0.717) is 31.0 Å². The highest BCUT2D eigenvalue weighted by atomic mass is 32.3. The van der Waals surface area contributed by atoms with Gasteiger partial charge in [-0.05, 0) is 12.8 Å². The molecule has 0 aliphatic carbocycles. The molecule has 11 heteroatoms. The Morgan fingerprint density at radius 1 is 1.41 bits per heavy atom. The molecule has 2 bridgehead atoms. The minimum atomic E-state index is -4.77. The van der Waals surface area contributed by atoms with Crippen molar-refractivity contribution in [2.75, 3.05) is 19.6 Å². The third kappa shape index (κ3) is 3.48. The number of hydrazine groups is 1. The van der Waals surface area contributed by atoms with E-state index in [9.17, 15) is 18.0 Å². The van der Waals surface area contributed by atoms with Crippen molar-refractivity contribution in [3.8, 4) is 0 Å². The van der Waals surface area contributed by atoms with Crippen molar-refractivity contribution in [3.63, 3.8) is 0 Å². The molecule has 2 rings (SSSR count). The van der Waals surface area contributed by atoms with Gasteiger partial charge in [-0.3, -0.25) is 14.8 Å². The summed E-state index contributed by atoms with van der Waals surface area (Å²) in [6.07, 6.45) is 0.808. The van der Waals surface area contributed by atoms with Gasteiger partial charge < -0.3 is 4.90 Å². The summed E-state index contributed by atoms with van der Waals surface area (Å²) < 4.78 is 34.6. The highest BCUT2D eigenvalue weighted by molar-refractivity contribution is 7.80. The van der Waals surface area contributed by atoms with Crippen LogP contribution in [0.25, 0.3) is 0 Å². The van der Waals surface area contributed by atoms with E-state index in [2.05, 4.69) is 9.71 Å². The predicted molar refractivity (Wildman–Crippen MR) is 74.4 cm³/mol. The number of hydrogen-bond acceptors (Lipinski definition) is 6. The van der Waals surface area contributed by atoms with Crippen LogP contribution in [0, 0.1) is 0 Å². The minimum Gasteiger partial charge on any atom is -0.309 e. The van der Waals surface area contributed by atoms with Crippen LogP contribution in [0.15, 0.2) is 0 Å². The lowest BCUT2D eigenvalue weighted by molar-refractivity contribution is -0.130. The lowest BCUT2D eigenvalue weighted by Crippen LogP contribution is -2.54. The van der Waals surface area contributed by atoms with E-state index in [0.717, 1.165) is 0 Å². The number of rotatable bonds is 6. The van der Waals surface area contributed by atoms with Crippen LogP contribution in [0.1, 0.15) is 26.7 Å². The van der Waals surface area contributed by atoms with Gasteiger partial charge in [-0.15, -0.1) is 4.28 Å². The highest BCUT2D eigenvalue weighted by Crippen LogP contribution is 2.30. The van der Waals surface area contributed by atoms with E-state index in [1.54, 1.807) is 5.01 Å². The summed E-state index contributed by atoms with van der Waals surface area (Å²) in [5.41, 5.74) is 2.73. The molecular formula is C11H20N4O6S. The van der Waals surface area contributed by atoms with Gasteiger partial charge >= 0.3 is 16.4 Å². The monoisotopic (exact) mass is 336 g/mol. The van der Waals surface area contributed by atoms with Gasteiger partial charge in [-0.2, -0.15) is 13.5 Å². The van der Waals surface area contributed by atoms with E-state index < -0.39 is 28.5 Å². The van der Waals surface area contributed by atoms with Crippen LogP contribution in [0.4, 0.5) is 4.79 Å². The van der Waals surface area contributed by atoms with Crippen LogP contribution in [0.3, 0.4) is 0 Å². The van der Waals surface area contributed by atoms with Crippen LogP contribution in [0.2, 0.25) is 0 Å². The zero-order chi connectivity index (χ0) is 16.5. The Hall–Kier alpha value is -1.43. The summed E-state index contributed by atoms with van der Waals surface area (Å²) in [5, 5.41) is 2.33. The Morgan fingerprint density at radius 3 is 2.59 bits per heavy atom. The first-order chi connectivity index (χ1) is 10.3. The molecule has 0 aromatic heterocycles. The number of hydrogen-bond donors (Lipinski definition) is 2. The SMILES string of the molecule is CCN(CC)NC(=O)[C@@H]1CCC2CN1C(=O)N2OS(=O)(=O)O. The van der Waals surface area contributed by atoms with Crippen molar-refractivity contribution in [1.29, 1.82) is 0 Å². The molecule has 10 nitrogen and oxygen atoms in total. The molecule has 0 aromatic rings. The van der Waals surface area contributed by atoms with Crippen molar-refractivity contribution in [2.24, 2.45) is 0 Å². The second-order valence-corrected chi connectivity index (χ2v) is 6.16. The van der Waals surface area contributed by atoms with Crippen LogP contribution in [-0.2, 0) is 19.5 Å². The van der Waals surface area contributed by atoms with E-state index >= 15 is 0 Å². The summed E-state index contributed by atoms with van der Waals surface area (Å²) in [7, 11) is -4.77. The Morgan fingerprint density at radius 2 is 2.05 bits per heavy atom. The van der Waals surface area contributed by atoms with E-state index in [4.69, 9.17) is 4.55 Å². The van der Waals surface area contributed by atoms with E-state index in [-0.39, 0.29) is 12.5 Å². The van der Waals surface area contributed by atoms with Gasteiger partial charge in [0.1, 0.15) is 6.04 Å². The van der Waals surface area contributed by atoms with Gasteiger partial charge in [0.15, 0.2) is 0 Å². The van der Waals surface area contributed by atoms with Crippen LogP contribution in [-0.4, -0.2) is 71.6 Å². The normalized spacial score (nSPS) is 25.0. The molecule has 2 heterocycles. The second-order valence-electron chi connectivity index (χ2n) is 5.16. The number of urea groups is 1. The minimum absolute atomic E-state index is 0.185. The molecule has 2 atom stereocenters. The van der Waals surface area contributed by atoms with Crippen LogP contribution < -0.4 is 5.43 Å². The molecule has 0 spiro atoms. The topological polar surface area (TPSA) is 119 Å². The smallest absolute Gasteiger partial charge is 0.309 e. The van der Waals surface area contributed by atoms with E-state index in [1.807, 2.05) is 13.8 Å². The number of nitrogens with zero attached hydrogens (tertiary/aromatic N) is 3. The fourth-order valence-corrected chi connectivity index (χ4v) is 3.10. The molecule has 2 fully saturated rings. The number of piperidine rings is 1. The van der Waals surface area contributed by atoms with Crippen molar-refractivity contribution >= 4 is 22.3 Å². The maximum absolute atomic E-state index is 12.3. The Labute approximate surface area is 128 Å². The zero-order valence-electron chi connectivity index (χ0n) is 12.4. The maximum Gasteiger partial charge on any atom is 0.418 e. The predicted octanol–water partition coefficient (Wildman–Crippen LogP) is -0.638. The molecule has 126 valence electrons. The maximum atomic E-state index is 12.3. The molecule has 2 saturated heterocycles. The van der Waals surface area contributed by atoms with Gasteiger partial charge in [0, 0.05) is 19.6 Å². The average molecular weight is 336 g/mol. The van der Waals surface area contributed by atoms with Gasteiger partial charge in [-0.1, -0.05) is 13.8 Å². The Balaban J connectivity index is 2.07. The lowest BCUT2D eigenvalue weighted by atomic mass is 10.0. The largest absolute Gasteiger partial charge is 0.418 e. The van der Waals surface area contributed by atoms with Gasteiger partial charge in [0.2, 0.25) is 0 Å². The molecule has 3 amide bonds. The van der Waals surface area contributed by atoms with Gasteiger partial charge in [-0.25, -0.2) is 9.80 Å². The Kier molecular flexibility index (Phi) is 4.90. The molecule has 2 N–H and O–H groups in total. The summed E-state index contributed by atoms with van der Waals surface area (Å²) in [6.45, 7) is 5.23. The summed E-state index contributed by atoms with van der Waals surface area (Å²) in [6, 6.07) is -1.91. The number of carbonyl (C=O) groups is 2. The van der Waals surface area contributed by atoms with Crippen molar-refractivity contribution in [2.45, 2.75) is 38.8 Å². The third-order valence-corrected chi connectivity index (χ3v) is 4.18. The van der Waals surface area contributed by atoms with Crippen molar-refractivity contribution in [1.82, 2.24) is 20.4 Å². The third-order valence-electron chi connectivity index (χ3n) is 3.83. The zero-order valence-corrected chi connectivity index (χ0v) is 13.2. The second kappa shape index (κ2) is 6.36. The summed E-state index contributed by atoms with van der Waals surface area (Å²) in [4.78, 5) is 25.7. The first-order valence-electron chi connectivity index (χ1n) is 7.09. The number of carbonyl (C=O) groups excluding carboxylic acids is 2. The van der Waals surface area contributed by atoms with Crippen LogP contribution in [0.5, 0.6) is 0 Å². The first kappa shape index (κ1) is 16.9. The molecule has 0 radical (unpaired) electrons. The van der Waals surface area contributed by atoms with Crippen LogP contribution >= 0.6 is 0 Å². The molecule has 22 heavy (non-hydrogen) atoms. The standard InChI is InChI=1S/C11H20N4O6S/c1-3-13(4-2)12-10(16)9-6-5-8-7-14(9)11(17)15(8)21-22(18,19)20/h8-9H,3-7H2,1-2H3,(H,12,16)(H,18,19,20)/t8?,9-/m0/s1. The molecule has 0 aromatic carbocycles.